The molecular weight excluding hydrogens is 292 g/mol. The van der Waals surface area contributed by atoms with Gasteiger partial charge in [-0.3, -0.25) is 14.9 Å². The third-order valence-corrected chi connectivity index (χ3v) is 5.10. The fourth-order valence-electron chi connectivity index (χ4n) is 3.82. The van der Waals surface area contributed by atoms with Crippen molar-refractivity contribution < 1.29 is 9.72 Å². The van der Waals surface area contributed by atoms with E-state index in [1.807, 2.05) is 4.90 Å². The van der Waals surface area contributed by atoms with Gasteiger partial charge in [0.05, 0.1) is 4.92 Å². The number of carbonyl (C=O) groups excluding carboxylic acids is 1. The molecular formula is C18H22N2O3. The topological polar surface area (TPSA) is 63.4 Å². The molecule has 0 aromatic heterocycles. The second kappa shape index (κ2) is 6.94. The first-order valence-corrected chi connectivity index (χ1v) is 8.35. The molecule has 1 aliphatic heterocycles. The van der Waals surface area contributed by atoms with Crippen molar-refractivity contribution in [2.75, 3.05) is 13.1 Å². The van der Waals surface area contributed by atoms with Gasteiger partial charge in [-0.1, -0.05) is 31.4 Å². The highest BCUT2D eigenvalue weighted by Crippen LogP contribution is 2.36. The molecule has 2 aliphatic rings. The largest absolute Gasteiger partial charge is 0.339 e. The number of amides is 1. The lowest BCUT2D eigenvalue weighted by Gasteiger charge is -2.41. The molecule has 1 aromatic rings. The highest BCUT2D eigenvalue weighted by atomic mass is 16.6. The van der Waals surface area contributed by atoms with Crippen molar-refractivity contribution in [2.45, 2.75) is 32.1 Å². The van der Waals surface area contributed by atoms with E-state index in [-0.39, 0.29) is 11.6 Å². The van der Waals surface area contributed by atoms with Crippen molar-refractivity contribution >= 4 is 17.7 Å². The first kappa shape index (κ1) is 15.7. The standard InChI is InChI=1S/C18H22N2O3/c21-18(9-8-14-4-3-7-17(12-14)20(22)23)19-11-10-15-5-1-2-6-16(15)13-19/h3-4,7-9,12,15-16H,1-2,5-6,10-11,13H2/b9-8+/t15-,16+/m0/s1. The van der Waals surface area contributed by atoms with Gasteiger partial charge in [0.25, 0.3) is 5.69 Å². The average molecular weight is 314 g/mol. The summed E-state index contributed by atoms with van der Waals surface area (Å²) in [6, 6.07) is 6.34. The van der Waals surface area contributed by atoms with Gasteiger partial charge in [-0.25, -0.2) is 0 Å². The average Bonchev–Trinajstić information content (AvgIpc) is 2.59. The van der Waals surface area contributed by atoms with Crippen LogP contribution < -0.4 is 0 Å². The fourth-order valence-corrected chi connectivity index (χ4v) is 3.82. The molecule has 1 aliphatic carbocycles. The molecule has 23 heavy (non-hydrogen) atoms. The number of benzene rings is 1. The van der Waals surface area contributed by atoms with Crippen LogP contribution in [0.3, 0.4) is 0 Å². The maximum absolute atomic E-state index is 12.4. The van der Waals surface area contributed by atoms with Crippen molar-refractivity contribution in [3.8, 4) is 0 Å². The van der Waals surface area contributed by atoms with Gasteiger partial charge in [0.2, 0.25) is 5.91 Å². The molecule has 0 bridgehead atoms. The Morgan fingerprint density at radius 2 is 2.00 bits per heavy atom. The highest BCUT2D eigenvalue weighted by Gasteiger charge is 2.32. The molecule has 1 saturated heterocycles. The normalized spacial score (nSPS) is 24.4. The number of carbonyl (C=O) groups is 1. The Balaban J connectivity index is 1.62. The van der Waals surface area contributed by atoms with Crippen molar-refractivity contribution in [2.24, 2.45) is 11.8 Å². The Hall–Kier alpha value is -2.17. The van der Waals surface area contributed by atoms with Gasteiger partial charge in [0.1, 0.15) is 0 Å². The Morgan fingerprint density at radius 3 is 2.78 bits per heavy atom. The lowest BCUT2D eigenvalue weighted by molar-refractivity contribution is -0.384. The number of hydrogen-bond acceptors (Lipinski definition) is 3. The van der Waals surface area contributed by atoms with Crippen LogP contribution in [0.1, 0.15) is 37.7 Å². The minimum absolute atomic E-state index is 0.0144. The molecule has 1 amide bonds. The molecule has 0 radical (unpaired) electrons. The molecule has 2 atom stereocenters. The first-order valence-electron chi connectivity index (χ1n) is 8.35. The van der Waals surface area contributed by atoms with Crippen molar-refractivity contribution in [3.05, 3.63) is 46.0 Å². The van der Waals surface area contributed by atoms with Crippen LogP contribution in [0.5, 0.6) is 0 Å². The second-order valence-electron chi connectivity index (χ2n) is 6.56. The predicted octanol–water partition coefficient (Wildman–Crippen LogP) is 3.65. The van der Waals surface area contributed by atoms with Crippen LogP contribution >= 0.6 is 0 Å². The molecule has 122 valence electrons. The third kappa shape index (κ3) is 3.78. The highest BCUT2D eigenvalue weighted by molar-refractivity contribution is 5.91. The van der Waals surface area contributed by atoms with Gasteiger partial charge in [-0.15, -0.1) is 0 Å². The zero-order chi connectivity index (χ0) is 16.2. The van der Waals surface area contributed by atoms with Gasteiger partial charge < -0.3 is 4.90 Å². The van der Waals surface area contributed by atoms with Crippen molar-refractivity contribution in [1.82, 2.24) is 4.90 Å². The number of rotatable bonds is 3. The number of nitro benzene ring substituents is 1. The van der Waals surface area contributed by atoms with E-state index in [0.717, 1.165) is 25.4 Å². The summed E-state index contributed by atoms with van der Waals surface area (Å²) in [4.78, 5) is 24.7. The monoisotopic (exact) mass is 314 g/mol. The SMILES string of the molecule is O=C(/C=C/c1cccc([N+](=O)[O-])c1)N1CC[C@@H]2CCCC[C@@H]2C1. The number of fused-ring (bicyclic) bond motifs is 1. The molecule has 1 saturated carbocycles. The van der Waals surface area contributed by atoms with Crippen LogP contribution in [0, 0.1) is 22.0 Å². The van der Waals surface area contributed by atoms with Gasteiger partial charge in [-0.2, -0.15) is 0 Å². The summed E-state index contributed by atoms with van der Waals surface area (Å²) in [7, 11) is 0. The van der Waals surface area contributed by atoms with E-state index < -0.39 is 4.92 Å². The molecule has 0 spiro atoms. The molecule has 1 heterocycles. The van der Waals surface area contributed by atoms with Gasteiger partial charge in [0, 0.05) is 31.3 Å². The first-order chi connectivity index (χ1) is 11.1. The Labute approximate surface area is 136 Å². The van der Waals surface area contributed by atoms with E-state index in [1.54, 1.807) is 24.3 Å². The summed E-state index contributed by atoms with van der Waals surface area (Å²) in [5.74, 6) is 1.47. The minimum atomic E-state index is -0.424. The summed E-state index contributed by atoms with van der Waals surface area (Å²) in [6.07, 6.45) is 9.50. The molecule has 5 heteroatoms. The summed E-state index contributed by atoms with van der Waals surface area (Å²) in [5.41, 5.74) is 0.725. The van der Waals surface area contributed by atoms with Crippen LogP contribution in [-0.4, -0.2) is 28.8 Å². The third-order valence-electron chi connectivity index (χ3n) is 5.10. The van der Waals surface area contributed by atoms with Crippen LogP contribution in [-0.2, 0) is 4.79 Å². The summed E-state index contributed by atoms with van der Waals surface area (Å²) in [5, 5.41) is 10.8. The number of likely N-dealkylation sites (tertiary alicyclic amines) is 1. The van der Waals surface area contributed by atoms with Crippen LogP contribution in [0.2, 0.25) is 0 Å². The minimum Gasteiger partial charge on any atom is -0.339 e. The number of piperidine rings is 1. The zero-order valence-electron chi connectivity index (χ0n) is 13.2. The maximum atomic E-state index is 12.4. The number of hydrogen-bond donors (Lipinski definition) is 0. The molecule has 0 unspecified atom stereocenters. The lowest BCUT2D eigenvalue weighted by atomic mass is 9.75. The summed E-state index contributed by atoms with van der Waals surface area (Å²) >= 11 is 0. The van der Waals surface area contributed by atoms with Crippen LogP contribution in [0.15, 0.2) is 30.3 Å². The molecule has 3 rings (SSSR count). The van der Waals surface area contributed by atoms with Gasteiger partial charge >= 0.3 is 0 Å². The van der Waals surface area contributed by atoms with E-state index in [4.69, 9.17) is 0 Å². The van der Waals surface area contributed by atoms with Gasteiger partial charge in [0.15, 0.2) is 0 Å². The maximum Gasteiger partial charge on any atom is 0.270 e. The van der Waals surface area contributed by atoms with E-state index in [9.17, 15) is 14.9 Å². The van der Waals surface area contributed by atoms with Crippen LogP contribution in [0.4, 0.5) is 5.69 Å². The predicted molar refractivity (Wildman–Crippen MR) is 88.8 cm³/mol. The van der Waals surface area contributed by atoms with E-state index in [1.165, 1.54) is 37.8 Å². The molecule has 1 aromatic carbocycles. The van der Waals surface area contributed by atoms with Crippen molar-refractivity contribution in [3.63, 3.8) is 0 Å². The van der Waals surface area contributed by atoms with E-state index in [0.29, 0.717) is 11.5 Å². The zero-order valence-corrected chi connectivity index (χ0v) is 13.2. The Bertz CT molecular complexity index is 626. The van der Waals surface area contributed by atoms with E-state index in [2.05, 4.69) is 0 Å². The molecule has 5 nitrogen and oxygen atoms in total. The number of non-ortho nitro benzene ring substituents is 1. The fraction of sp³-hybridized carbons (Fsp3) is 0.500. The lowest BCUT2D eigenvalue weighted by Crippen LogP contribution is -2.44. The Kier molecular flexibility index (Phi) is 4.74. The number of nitrogens with zero attached hydrogens (tertiary/aromatic N) is 2. The smallest absolute Gasteiger partial charge is 0.270 e. The summed E-state index contributed by atoms with van der Waals surface area (Å²) in [6.45, 7) is 1.70. The van der Waals surface area contributed by atoms with Gasteiger partial charge in [-0.05, 0) is 36.3 Å². The second-order valence-corrected chi connectivity index (χ2v) is 6.56. The molecule has 2 fully saturated rings. The molecule has 0 N–H and O–H groups in total. The van der Waals surface area contributed by atoms with Crippen molar-refractivity contribution in [1.29, 1.82) is 0 Å². The van der Waals surface area contributed by atoms with Crippen LogP contribution in [0.25, 0.3) is 6.08 Å². The Morgan fingerprint density at radius 1 is 1.22 bits per heavy atom. The van der Waals surface area contributed by atoms with E-state index >= 15 is 0 Å². The summed E-state index contributed by atoms with van der Waals surface area (Å²) < 4.78 is 0. The number of nitro groups is 1. The quantitative estimate of drug-likeness (QED) is 0.486.